The van der Waals surface area contributed by atoms with Crippen LogP contribution in [0.5, 0.6) is 0 Å². The first-order chi connectivity index (χ1) is 10.2. The molecule has 1 amide bonds. The zero-order valence-electron chi connectivity index (χ0n) is 12.6. The van der Waals surface area contributed by atoms with E-state index in [1.54, 1.807) is 0 Å². The molecule has 5 heteroatoms. The van der Waals surface area contributed by atoms with Crippen molar-refractivity contribution in [2.24, 2.45) is 5.92 Å². The molecule has 21 heavy (non-hydrogen) atoms. The summed E-state index contributed by atoms with van der Waals surface area (Å²) in [6, 6.07) is 0. The number of carbonyl (C=O) groups is 2. The molecule has 5 nitrogen and oxygen atoms in total. The van der Waals surface area contributed by atoms with Crippen molar-refractivity contribution in [2.45, 2.75) is 57.0 Å². The minimum atomic E-state index is -0.483. The molecule has 0 aliphatic heterocycles. The summed E-state index contributed by atoms with van der Waals surface area (Å²) in [4.78, 5) is 22.9. The fourth-order valence-electron chi connectivity index (χ4n) is 3.26. The van der Waals surface area contributed by atoms with Gasteiger partial charge in [0, 0.05) is 6.08 Å². The zero-order valence-corrected chi connectivity index (χ0v) is 12.6. The number of carbonyl (C=O) groups excluding carboxylic acids is 2. The van der Waals surface area contributed by atoms with E-state index in [1.807, 2.05) is 0 Å². The van der Waals surface area contributed by atoms with Crippen LogP contribution in [0, 0.1) is 5.92 Å². The molecule has 0 unspecified atom stereocenters. The van der Waals surface area contributed by atoms with Crippen LogP contribution in [0.25, 0.3) is 0 Å². The fraction of sp³-hybridized carbons (Fsp3) is 0.750. The van der Waals surface area contributed by atoms with Crippen molar-refractivity contribution in [1.29, 1.82) is 0 Å². The topological polar surface area (TPSA) is 64.6 Å². The van der Waals surface area contributed by atoms with Gasteiger partial charge in [0.15, 0.2) is 0 Å². The largest absolute Gasteiger partial charge is 0.461 e. The van der Waals surface area contributed by atoms with Gasteiger partial charge in [0.05, 0.1) is 6.54 Å². The molecular weight excluding hydrogens is 270 g/mol. The van der Waals surface area contributed by atoms with Crippen LogP contribution in [0.1, 0.15) is 51.4 Å². The van der Waals surface area contributed by atoms with E-state index in [-0.39, 0.29) is 18.8 Å². The molecule has 0 spiro atoms. The van der Waals surface area contributed by atoms with Gasteiger partial charge in [0.1, 0.15) is 12.2 Å². The van der Waals surface area contributed by atoms with E-state index in [9.17, 15) is 9.59 Å². The smallest absolute Gasteiger partial charge is 0.407 e. The normalized spacial score (nSPS) is 21.0. The summed E-state index contributed by atoms with van der Waals surface area (Å²) in [7, 11) is 0. The Bertz CT molecular complexity index is 384. The average molecular weight is 295 g/mol. The number of hydrogen-bond acceptors (Lipinski definition) is 4. The molecular formula is C16H25NO4. The summed E-state index contributed by atoms with van der Waals surface area (Å²) in [6.45, 7) is 3.71. The Morgan fingerprint density at radius 3 is 2.48 bits per heavy atom. The SMILES string of the molecule is C=CC(=O)OCCNC(=O)OC1(C2CCC2)CCCCC1. The van der Waals surface area contributed by atoms with Crippen molar-refractivity contribution in [1.82, 2.24) is 5.32 Å². The number of rotatable bonds is 6. The maximum absolute atomic E-state index is 12.0. The third-order valence-corrected chi connectivity index (χ3v) is 4.63. The standard InChI is InChI=1S/C16H25NO4/c1-2-14(18)20-12-11-17-15(19)21-16(13-7-6-8-13)9-4-3-5-10-16/h2,13H,1,3-12H2,(H,17,19). The van der Waals surface area contributed by atoms with E-state index < -0.39 is 12.1 Å². The molecule has 2 fully saturated rings. The first-order valence-electron chi connectivity index (χ1n) is 7.92. The molecule has 0 aromatic heterocycles. The lowest BCUT2D eigenvalue weighted by Gasteiger charge is -2.46. The number of esters is 1. The van der Waals surface area contributed by atoms with Gasteiger partial charge in [-0.1, -0.05) is 19.4 Å². The Hall–Kier alpha value is -1.52. The van der Waals surface area contributed by atoms with Gasteiger partial charge in [0.25, 0.3) is 0 Å². The van der Waals surface area contributed by atoms with Gasteiger partial charge in [0.2, 0.25) is 0 Å². The second-order valence-electron chi connectivity index (χ2n) is 5.94. The highest BCUT2D eigenvalue weighted by molar-refractivity contribution is 5.81. The first-order valence-corrected chi connectivity index (χ1v) is 7.92. The summed E-state index contributed by atoms with van der Waals surface area (Å²) in [5, 5.41) is 2.66. The van der Waals surface area contributed by atoms with Crippen molar-refractivity contribution in [3.05, 3.63) is 12.7 Å². The number of ether oxygens (including phenoxy) is 2. The van der Waals surface area contributed by atoms with Crippen LogP contribution in [0.2, 0.25) is 0 Å². The fourth-order valence-corrected chi connectivity index (χ4v) is 3.26. The number of alkyl carbamates (subject to hydrolysis) is 1. The second-order valence-corrected chi connectivity index (χ2v) is 5.94. The molecule has 0 saturated heterocycles. The number of nitrogens with one attached hydrogen (secondary N) is 1. The predicted octanol–water partition coefficient (Wildman–Crippen LogP) is 2.94. The van der Waals surface area contributed by atoms with Gasteiger partial charge in [-0.15, -0.1) is 0 Å². The first kappa shape index (κ1) is 15.9. The van der Waals surface area contributed by atoms with Crippen LogP contribution < -0.4 is 5.32 Å². The van der Waals surface area contributed by atoms with Crippen LogP contribution in [-0.2, 0) is 14.3 Å². The highest BCUT2D eigenvalue weighted by Gasteiger charge is 2.45. The Kier molecular flexibility index (Phi) is 5.65. The van der Waals surface area contributed by atoms with E-state index in [0.717, 1.165) is 31.8 Å². The molecule has 0 bridgehead atoms. The van der Waals surface area contributed by atoms with E-state index in [4.69, 9.17) is 9.47 Å². The highest BCUT2D eigenvalue weighted by atomic mass is 16.6. The number of amides is 1. The molecule has 0 aromatic carbocycles. The van der Waals surface area contributed by atoms with E-state index in [2.05, 4.69) is 11.9 Å². The Balaban J connectivity index is 1.76. The lowest BCUT2D eigenvalue weighted by Crippen LogP contribution is -2.49. The van der Waals surface area contributed by atoms with E-state index in [1.165, 1.54) is 25.7 Å². The van der Waals surface area contributed by atoms with Crippen LogP contribution in [0.15, 0.2) is 12.7 Å². The van der Waals surface area contributed by atoms with Gasteiger partial charge >= 0.3 is 12.1 Å². The third kappa shape index (κ3) is 4.22. The summed E-state index contributed by atoms with van der Waals surface area (Å²) in [5.41, 5.74) is -0.252. The molecule has 0 heterocycles. The van der Waals surface area contributed by atoms with Crippen molar-refractivity contribution >= 4 is 12.1 Å². The Labute approximate surface area is 126 Å². The molecule has 0 aromatic rings. The maximum Gasteiger partial charge on any atom is 0.407 e. The second kappa shape index (κ2) is 7.48. The molecule has 0 atom stereocenters. The lowest BCUT2D eigenvalue weighted by molar-refractivity contribution is -0.137. The minimum Gasteiger partial charge on any atom is -0.461 e. The quantitative estimate of drug-likeness (QED) is 0.465. The monoisotopic (exact) mass is 295 g/mol. The van der Waals surface area contributed by atoms with Crippen molar-refractivity contribution < 1.29 is 19.1 Å². The van der Waals surface area contributed by atoms with E-state index in [0.29, 0.717) is 5.92 Å². The average Bonchev–Trinajstić information content (AvgIpc) is 2.42. The molecule has 1 N–H and O–H groups in total. The van der Waals surface area contributed by atoms with Gasteiger partial charge in [-0.2, -0.15) is 0 Å². The zero-order chi connectivity index (χ0) is 15.1. The van der Waals surface area contributed by atoms with Crippen LogP contribution >= 0.6 is 0 Å². The molecule has 2 aliphatic carbocycles. The van der Waals surface area contributed by atoms with Gasteiger partial charge in [-0.3, -0.25) is 0 Å². The summed E-state index contributed by atoms with van der Waals surface area (Å²) in [5.74, 6) is 0.0468. The van der Waals surface area contributed by atoms with Crippen LogP contribution in [0.4, 0.5) is 4.79 Å². The minimum absolute atomic E-state index is 0.135. The van der Waals surface area contributed by atoms with Crippen LogP contribution in [-0.4, -0.2) is 30.8 Å². The summed E-state index contributed by atoms with van der Waals surface area (Å²) < 4.78 is 10.6. The molecule has 2 rings (SSSR count). The van der Waals surface area contributed by atoms with E-state index >= 15 is 0 Å². The third-order valence-electron chi connectivity index (χ3n) is 4.63. The van der Waals surface area contributed by atoms with Gasteiger partial charge in [-0.25, -0.2) is 9.59 Å². The van der Waals surface area contributed by atoms with Gasteiger partial charge in [-0.05, 0) is 44.4 Å². The van der Waals surface area contributed by atoms with Crippen molar-refractivity contribution in [3.63, 3.8) is 0 Å². The maximum atomic E-state index is 12.0. The Morgan fingerprint density at radius 1 is 1.19 bits per heavy atom. The molecule has 2 aliphatic rings. The predicted molar refractivity (Wildman–Crippen MR) is 78.8 cm³/mol. The Morgan fingerprint density at radius 2 is 1.90 bits per heavy atom. The molecule has 0 radical (unpaired) electrons. The molecule has 2 saturated carbocycles. The molecule has 118 valence electrons. The summed E-state index contributed by atoms with van der Waals surface area (Å²) in [6.07, 6.45) is 9.78. The van der Waals surface area contributed by atoms with Crippen molar-refractivity contribution in [3.8, 4) is 0 Å². The van der Waals surface area contributed by atoms with Crippen LogP contribution in [0.3, 0.4) is 0 Å². The van der Waals surface area contributed by atoms with Gasteiger partial charge < -0.3 is 14.8 Å². The highest BCUT2D eigenvalue weighted by Crippen LogP contribution is 2.46. The lowest BCUT2D eigenvalue weighted by atomic mass is 9.66. The van der Waals surface area contributed by atoms with Crippen molar-refractivity contribution in [2.75, 3.05) is 13.2 Å². The number of hydrogen-bond donors (Lipinski definition) is 1. The summed E-state index contributed by atoms with van der Waals surface area (Å²) >= 11 is 0.